The van der Waals surface area contributed by atoms with Crippen LogP contribution in [0, 0.1) is 0 Å². The first kappa shape index (κ1) is 16.7. The average molecular weight is 362 g/mol. The summed E-state index contributed by atoms with van der Waals surface area (Å²) in [7, 11) is 0. The average Bonchev–Trinajstić information content (AvgIpc) is 2.60. The van der Waals surface area contributed by atoms with Crippen LogP contribution < -0.4 is 14.8 Å². The molecule has 0 saturated heterocycles. The van der Waals surface area contributed by atoms with Gasteiger partial charge in [-0.05, 0) is 42.2 Å². The van der Waals surface area contributed by atoms with E-state index in [0.29, 0.717) is 29.7 Å². The zero-order valence-corrected chi connectivity index (χ0v) is 14.6. The second-order valence-corrected chi connectivity index (χ2v) is 6.31. The standard InChI is InChI=1S/C18H16ClNO3S/c1-24-16-5-3-2-4-14(16)20-17(21)7-6-12-10-13(19)18-15(11-12)22-8-9-23-18/h2-7,10-11H,8-9H2,1H3,(H,20,21)/b7-6+. The van der Waals surface area contributed by atoms with E-state index in [2.05, 4.69) is 5.32 Å². The van der Waals surface area contributed by atoms with Crippen LogP contribution in [-0.2, 0) is 4.79 Å². The van der Waals surface area contributed by atoms with Crippen LogP contribution in [-0.4, -0.2) is 25.4 Å². The molecule has 2 aromatic rings. The van der Waals surface area contributed by atoms with Gasteiger partial charge in [0.15, 0.2) is 11.5 Å². The quantitative estimate of drug-likeness (QED) is 0.644. The fraction of sp³-hybridized carbons (Fsp3) is 0.167. The summed E-state index contributed by atoms with van der Waals surface area (Å²) >= 11 is 7.77. The number of halogens is 1. The first-order valence-corrected chi connectivity index (χ1v) is 8.99. The monoisotopic (exact) mass is 361 g/mol. The highest BCUT2D eigenvalue weighted by Crippen LogP contribution is 2.38. The van der Waals surface area contributed by atoms with Crippen LogP contribution in [0.1, 0.15) is 5.56 Å². The molecule has 0 aliphatic carbocycles. The molecule has 0 saturated carbocycles. The highest BCUT2D eigenvalue weighted by molar-refractivity contribution is 7.98. The lowest BCUT2D eigenvalue weighted by Gasteiger charge is -2.19. The van der Waals surface area contributed by atoms with Gasteiger partial charge in [-0.2, -0.15) is 0 Å². The number of hydrogen-bond acceptors (Lipinski definition) is 4. The minimum Gasteiger partial charge on any atom is -0.486 e. The van der Waals surface area contributed by atoms with E-state index in [1.165, 1.54) is 6.08 Å². The maximum atomic E-state index is 12.1. The predicted octanol–water partition coefficient (Wildman–Crippen LogP) is 4.49. The number of anilines is 1. The number of amides is 1. The molecule has 1 aliphatic rings. The fourth-order valence-electron chi connectivity index (χ4n) is 2.32. The van der Waals surface area contributed by atoms with Gasteiger partial charge in [0.2, 0.25) is 5.91 Å². The Balaban J connectivity index is 1.73. The molecule has 0 radical (unpaired) electrons. The maximum Gasteiger partial charge on any atom is 0.248 e. The van der Waals surface area contributed by atoms with E-state index in [9.17, 15) is 4.79 Å². The number of para-hydroxylation sites is 1. The Labute approximate surface area is 149 Å². The molecule has 3 rings (SSSR count). The Bertz CT molecular complexity index is 792. The van der Waals surface area contributed by atoms with E-state index in [1.54, 1.807) is 30.0 Å². The van der Waals surface area contributed by atoms with Crippen LogP contribution in [0.5, 0.6) is 11.5 Å². The lowest BCUT2D eigenvalue weighted by atomic mass is 10.1. The first-order chi connectivity index (χ1) is 11.7. The molecule has 2 aromatic carbocycles. The van der Waals surface area contributed by atoms with Crippen molar-refractivity contribution in [2.75, 3.05) is 24.8 Å². The molecule has 124 valence electrons. The number of carbonyl (C=O) groups excluding carboxylic acids is 1. The SMILES string of the molecule is CSc1ccccc1NC(=O)/C=C/c1cc(Cl)c2c(c1)OCCO2. The van der Waals surface area contributed by atoms with Gasteiger partial charge in [-0.15, -0.1) is 11.8 Å². The van der Waals surface area contributed by atoms with Crippen LogP contribution in [0.25, 0.3) is 6.08 Å². The summed E-state index contributed by atoms with van der Waals surface area (Å²) in [6.45, 7) is 0.974. The van der Waals surface area contributed by atoms with Gasteiger partial charge in [-0.25, -0.2) is 0 Å². The molecule has 0 bridgehead atoms. The van der Waals surface area contributed by atoms with E-state index < -0.39 is 0 Å². The number of nitrogens with one attached hydrogen (secondary N) is 1. The molecule has 1 N–H and O–H groups in total. The predicted molar refractivity (Wildman–Crippen MR) is 98.3 cm³/mol. The Morgan fingerprint density at radius 2 is 2.04 bits per heavy atom. The van der Waals surface area contributed by atoms with E-state index in [1.807, 2.05) is 30.5 Å². The van der Waals surface area contributed by atoms with E-state index >= 15 is 0 Å². The molecule has 0 atom stereocenters. The lowest BCUT2D eigenvalue weighted by Crippen LogP contribution is -2.15. The van der Waals surface area contributed by atoms with Gasteiger partial charge in [-0.3, -0.25) is 4.79 Å². The molecular formula is C18H16ClNO3S. The summed E-state index contributed by atoms with van der Waals surface area (Å²) < 4.78 is 11.0. The van der Waals surface area contributed by atoms with Crippen molar-refractivity contribution >= 4 is 41.0 Å². The van der Waals surface area contributed by atoms with Gasteiger partial charge in [0.1, 0.15) is 13.2 Å². The summed E-state index contributed by atoms with van der Waals surface area (Å²) in [5.74, 6) is 0.947. The molecule has 1 heterocycles. The highest BCUT2D eigenvalue weighted by Gasteiger charge is 2.16. The van der Waals surface area contributed by atoms with Gasteiger partial charge < -0.3 is 14.8 Å². The maximum absolute atomic E-state index is 12.1. The number of carbonyl (C=O) groups is 1. The molecule has 0 unspecified atom stereocenters. The summed E-state index contributed by atoms with van der Waals surface area (Å²) in [5, 5.41) is 3.35. The van der Waals surface area contributed by atoms with Gasteiger partial charge >= 0.3 is 0 Å². The zero-order chi connectivity index (χ0) is 16.9. The van der Waals surface area contributed by atoms with Crippen molar-refractivity contribution in [2.24, 2.45) is 0 Å². The third kappa shape index (κ3) is 3.86. The number of rotatable bonds is 4. The third-order valence-corrected chi connectivity index (χ3v) is 4.49. The van der Waals surface area contributed by atoms with Crippen LogP contribution in [0.3, 0.4) is 0 Å². The van der Waals surface area contributed by atoms with Gasteiger partial charge in [0, 0.05) is 11.0 Å². The smallest absolute Gasteiger partial charge is 0.248 e. The molecular weight excluding hydrogens is 346 g/mol. The lowest BCUT2D eigenvalue weighted by molar-refractivity contribution is -0.111. The molecule has 1 amide bonds. The Morgan fingerprint density at radius 1 is 1.25 bits per heavy atom. The van der Waals surface area contributed by atoms with Gasteiger partial charge in [-0.1, -0.05) is 23.7 Å². The normalized spacial score (nSPS) is 13.1. The van der Waals surface area contributed by atoms with Crippen LogP contribution in [0.4, 0.5) is 5.69 Å². The van der Waals surface area contributed by atoms with Crippen LogP contribution in [0.15, 0.2) is 47.4 Å². The van der Waals surface area contributed by atoms with Crippen molar-refractivity contribution in [1.82, 2.24) is 0 Å². The second-order valence-electron chi connectivity index (χ2n) is 5.05. The van der Waals surface area contributed by atoms with Gasteiger partial charge in [0.05, 0.1) is 10.7 Å². The van der Waals surface area contributed by atoms with Crippen molar-refractivity contribution in [3.8, 4) is 11.5 Å². The van der Waals surface area contributed by atoms with Crippen molar-refractivity contribution in [3.05, 3.63) is 53.1 Å². The number of thioether (sulfide) groups is 1. The number of ether oxygens (including phenoxy) is 2. The summed E-state index contributed by atoms with van der Waals surface area (Å²) in [6.07, 6.45) is 5.14. The van der Waals surface area contributed by atoms with Crippen LogP contribution >= 0.6 is 23.4 Å². The van der Waals surface area contributed by atoms with Crippen molar-refractivity contribution < 1.29 is 14.3 Å². The molecule has 6 heteroatoms. The minimum absolute atomic E-state index is 0.206. The third-order valence-electron chi connectivity index (χ3n) is 3.41. The molecule has 0 spiro atoms. The molecule has 4 nitrogen and oxygen atoms in total. The largest absolute Gasteiger partial charge is 0.486 e. The fourth-order valence-corrected chi connectivity index (χ4v) is 3.15. The van der Waals surface area contributed by atoms with E-state index in [0.717, 1.165) is 16.1 Å². The zero-order valence-electron chi connectivity index (χ0n) is 13.0. The topological polar surface area (TPSA) is 47.6 Å². The Morgan fingerprint density at radius 3 is 2.88 bits per heavy atom. The molecule has 1 aliphatic heterocycles. The number of hydrogen-bond donors (Lipinski definition) is 1. The molecule has 0 fully saturated rings. The Kier molecular flexibility index (Phi) is 5.33. The van der Waals surface area contributed by atoms with Gasteiger partial charge in [0.25, 0.3) is 0 Å². The van der Waals surface area contributed by atoms with E-state index in [-0.39, 0.29) is 5.91 Å². The number of benzene rings is 2. The highest BCUT2D eigenvalue weighted by atomic mass is 35.5. The second kappa shape index (κ2) is 7.64. The number of fused-ring (bicyclic) bond motifs is 1. The minimum atomic E-state index is -0.206. The molecule has 0 aromatic heterocycles. The summed E-state index contributed by atoms with van der Waals surface area (Å²) in [6, 6.07) is 11.2. The Hall–Kier alpha value is -2.11. The summed E-state index contributed by atoms with van der Waals surface area (Å²) in [4.78, 5) is 13.1. The van der Waals surface area contributed by atoms with E-state index in [4.69, 9.17) is 21.1 Å². The van der Waals surface area contributed by atoms with Crippen molar-refractivity contribution in [3.63, 3.8) is 0 Å². The van der Waals surface area contributed by atoms with Crippen molar-refractivity contribution in [2.45, 2.75) is 4.90 Å². The van der Waals surface area contributed by atoms with Crippen LogP contribution in [0.2, 0.25) is 5.02 Å². The molecule has 24 heavy (non-hydrogen) atoms. The van der Waals surface area contributed by atoms with Crippen molar-refractivity contribution in [1.29, 1.82) is 0 Å². The summed E-state index contributed by atoms with van der Waals surface area (Å²) in [5.41, 5.74) is 1.57. The first-order valence-electron chi connectivity index (χ1n) is 7.38.